The minimum atomic E-state index is -3.46. The van der Waals surface area contributed by atoms with Crippen LogP contribution in [0.2, 0.25) is 0 Å². The first-order chi connectivity index (χ1) is 14.9. The molecule has 0 spiro atoms. The van der Waals surface area contributed by atoms with Crippen LogP contribution in [0.25, 0.3) is 0 Å². The zero-order chi connectivity index (χ0) is 22.3. The number of carbonyl (C=O) groups excluding carboxylic acids is 1. The summed E-state index contributed by atoms with van der Waals surface area (Å²) in [7, 11) is -2.08. The fraction of sp³-hybridized carbons (Fsp3) is 0.208. The molecular weight excluding hydrogens is 412 g/mol. The second-order valence-electron chi connectivity index (χ2n) is 7.15. The Kier molecular flexibility index (Phi) is 7.44. The second-order valence-corrected chi connectivity index (χ2v) is 9.04. The Bertz CT molecular complexity index is 1130. The number of ether oxygens (including phenoxy) is 1. The lowest BCUT2D eigenvalue weighted by atomic mass is 10.1. The lowest BCUT2D eigenvalue weighted by Crippen LogP contribution is -2.23. The van der Waals surface area contributed by atoms with Gasteiger partial charge in [-0.15, -0.1) is 0 Å². The largest absolute Gasteiger partial charge is 0.457 e. The summed E-state index contributed by atoms with van der Waals surface area (Å²) in [6.45, 7) is 2.38. The summed E-state index contributed by atoms with van der Waals surface area (Å²) in [6.07, 6.45) is 0.826. The van der Waals surface area contributed by atoms with Crippen LogP contribution < -0.4 is 14.8 Å². The van der Waals surface area contributed by atoms with Gasteiger partial charge in [0.25, 0.3) is 0 Å². The van der Waals surface area contributed by atoms with Gasteiger partial charge in [-0.2, -0.15) is 0 Å². The number of para-hydroxylation sites is 1. The minimum absolute atomic E-state index is 0.0861. The van der Waals surface area contributed by atoms with Crippen LogP contribution in [0.15, 0.2) is 77.7 Å². The molecule has 6 nitrogen and oxygen atoms in total. The van der Waals surface area contributed by atoms with Crippen LogP contribution in [0.5, 0.6) is 11.5 Å². The molecule has 3 rings (SSSR count). The molecule has 3 aromatic rings. The monoisotopic (exact) mass is 438 g/mol. The highest BCUT2D eigenvalue weighted by molar-refractivity contribution is 7.89. The van der Waals surface area contributed by atoms with E-state index in [0.29, 0.717) is 25.1 Å². The average Bonchev–Trinajstić information content (AvgIpc) is 2.79. The first kappa shape index (κ1) is 22.5. The Morgan fingerprint density at radius 2 is 1.61 bits per heavy atom. The summed E-state index contributed by atoms with van der Waals surface area (Å²) >= 11 is 0. The van der Waals surface area contributed by atoms with Gasteiger partial charge in [0.05, 0.1) is 4.90 Å². The molecule has 0 unspecified atom stereocenters. The molecule has 0 aliphatic heterocycles. The van der Waals surface area contributed by atoms with Crippen LogP contribution in [0.3, 0.4) is 0 Å². The van der Waals surface area contributed by atoms with Gasteiger partial charge in [-0.1, -0.05) is 48.0 Å². The first-order valence-electron chi connectivity index (χ1n) is 9.99. The van der Waals surface area contributed by atoms with E-state index in [9.17, 15) is 13.2 Å². The van der Waals surface area contributed by atoms with E-state index >= 15 is 0 Å². The van der Waals surface area contributed by atoms with E-state index in [-0.39, 0.29) is 10.8 Å². The van der Waals surface area contributed by atoms with Crippen LogP contribution in [0, 0.1) is 6.92 Å². The molecule has 0 heterocycles. The number of nitrogens with one attached hydrogen (secondary N) is 2. The Morgan fingerprint density at radius 1 is 0.935 bits per heavy atom. The van der Waals surface area contributed by atoms with Gasteiger partial charge in [-0.25, -0.2) is 13.1 Å². The maximum absolute atomic E-state index is 12.3. The van der Waals surface area contributed by atoms with Crippen molar-refractivity contribution < 1.29 is 17.9 Å². The Labute approximate surface area is 183 Å². The molecule has 0 radical (unpaired) electrons. The van der Waals surface area contributed by atoms with Crippen LogP contribution >= 0.6 is 0 Å². The van der Waals surface area contributed by atoms with E-state index in [1.807, 2.05) is 55.5 Å². The normalized spacial score (nSPS) is 11.2. The Hall–Kier alpha value is -3.16. The third kappa shape index (κ3) is 6.41. The summed E-state index contributed by atoms with van der Waals surface area (Å²) < 4.78 is 31.8. The van der Waals surface area contributed by atoms with Gasteiger partial charge >= 0.3 is 0 Å². The molecule has 0 saturated heterocycles. The van der Waals surface area contributed by atoms with Crippen molar-refractivity contribution in [3.63, 3.8) is 0 Å². The number of aryl methyl sites for hydroxylation is 2. The van der Waals surface area contributed by atoms with Crippen LogP contribution in [0.1, 0.15) is 23.1 Å². The lowest BCUT2D eigenvalue weighted by molar-refractivity contribution is -0.121. The summed E-state index contributed by atoms with van der Waals surface area (Å²) in [5, 5.41) is 2.92. The number of benzene rings is 3. The first-order valence-corrected chi connectivity index (χ1v) is 11.5. The number of sulfonamides is 1. The topological polar surface area (TPSA) is 84.5 Å². The van der Waals surface area contributed by atoms with Crippen molar-refractivity contribution in [1.82, 2.24) is 10.0 Å². The average molecular weight is 439 g/mol. The molecule has 0 fully saturated rings. The van der Waals surface area contributed by atoms with E-state index in [0.717, 1.165) is 22.4 Å². The zero-order valence-electron chi connectivity index (χ0n) is 17.6. The lowest BCUT2D eigenvalue weighted by Gasteiger charge is -2.12. The maximum atomic E-state index is 12.3. The van der Waals surface area contributed by atoms with Crippen molar-refractivity contribution in [2.24, 2.45) is 0 Å². The van der Waals surface area contributed by atoms with Gasteiger partial charge in [-0.05, 0) is 56.3 Å². The summed E-state index contributed by atoms with van der Waals surface area (Å²) in [6, 6.07) is 21.9. The molecule has 0 aliphatic rings. The van der Waals surface area contributed by atoms with Gasteiger partial charge in [0.1, 0.15) is 11.5 Å². The molecule has 0 bridgehead atoms. The zero-order valence-corrected chi connectivity index (χ0v) is 18.4. The predicted octanol–water partition coefficient (Wildman–Crippen LogP) is 3.94. The van der Waals surface area contributed by atoms with Crippen molar-refractivity contribution in [3.8, 4) is 11.5 Å². The number of carbonyl (C=O) groups is 1. The molecule has 2 N–H and O–H groups in total. The molecule has 0 aliphatic carbocycles. The summed E-state index contributed by atoms with van der Waals surface area (Å²) in [5.41, 5.74) is 2.94. The van der Waals surface area contributed by atoms with Crippen molar-refractivity contribution in [1.29, 1.82) is 0 Å². The molecule has 7 heteroatoms. The molecule has 3 aromatic carbocycles. The number of hydrogen-bond donors (Lipinski definition) is 2. The molecule has 0 atom stereocenters. The van der Waals surface area contributed by atoms with E-state index in [1.165, 1.54) is 19.2 Å². The fourth-order valence-corrected chi connectivity index (χ4v) is 3.71. The van der Waals surface area contributed by atoms with Crippen molar-refractivity contribution in [2.75, 3.05) is 7.05 Å². The van der Waals surface area contributed by atoms with Crippen molar-refractivity contribution in [2.45, 2.75) is 31.2 Å². The van der Waals surface area contributed by atoms with Crippen LogP contribution in [-0.4, -0.2) is 21.4 Å². The Morgan fingerprint density at radius 3 is 2.29 bits per heavy atom. The molecule has 31 heavy (non-hydrogen) atoms. The highest BCUT2D eigenvalue weighted by Gasteiger charge is 2.11. The number of amides is 1. The Balaban J connectivity index is 1.53. The fourth-order valence-electron chi connectivity index (χ4n) is 2.98. The summed E-state index contributed by atoms with van der Waals surface area (Å²) in [4.78, 5) is 12.5. The highest BCUT2D eigenvalue weighted by atomic mass is 32.2. The maximum Gasteiger partial charge on any atom is 0.240 e. The van der Waals surface area contributed by atoms with Gasteiger partial charge < -0.3 is 10.1 Å². The minimum Gasteiger partial charge on any atom is -0.457 e. The number of rotatable bonds is 9. The molecule has 162 valence electrons. The smallest absolute Gasteiger partial charge is 0.240 e. The standard InChI is InChI=1S/C24H26N2O4S/c1-18-7-12-21(13-8-18)30-23-6-4-3-5-20(23)17-26-24(27)16-11-19-9-14-22(15-10-19)31(28,29)25-2/h3-10,12-15,25H,11,16-17H2,1-2H3,(H,26,27). The quantitative estimate of drug-likeness (QED) is 0.530. The highest BCUT2D eigenvalue weighted by Crippen LogP contribution is 2.25. The molecular formula is C24H26N2O4S. The van der Waals surface area contributed by atoms with E-state index in [2.05, 4.69) is 10.0 Å². The number of hydrogen-bond acceptors (Lipinski definition) is 4. The van der Waals surface area contributed by atoms with Gasteiger partial charge in [0.2, 0.25) is 15.9 Å². The van der Waals surface area contributed by atoms with Crippen LogP contribution in [0.4, 0.5) is 0 Å². The van der Waals surface area contributed by atoms with Crippen LogP contribution in [-0.2, 0) is 27.8 Å². The van der Waals surface area contributed by atoms with Crippen molar-refractivity contribution >= 4 is 15.9 Å². The van der Waals surface area contributed by atoms with E-state index in [4.69, 9.17) is 4.74 Å². The molecule has 0 saturated carbocycles. The molecule has 1 amide bonds. The van der Waals surface area contributed by atoms with Gasteiger partial charge in [0.15, 0.2) is 0 Å². The van der Waals surface area contributed by atoms with E-state index in [1.54, 1.807) is 12.1 Å². The molecule has 0 aromatic heterocycles. The predicted molar refractivity (Wildman–Crippen MR) is 121 cm³/mol. The third-order valence-electron chi connectivity index (χ3n) is 4.84. The van der Waals surface area contributed by atoms with Crippen molar-refractivity contribution in [3.05, 3.63) is 89.5 Å². The summed E-state index contributed by atoms with van der Waals surface area (Å²) in [5.74, 6) is 1.36. The third-order valence-corrected chi connectivity index (χ3v) is 6.27. The van der Waals surface area contributed by atoms with Gasteiger partial charge in [0, 0.05) is 18.5 Å². The second kappa shape index (κ2) is 10.2. The van der Waals surface area contributed by atoms with E-state index < -0.39 is 10.0 Å². The SMILES string of the molecule is CNS(=O)(=O)c1ccc(CCC(=O)NCc2ccccc2Oc2ccc(C)cc2)cc1. The van der Waals surface area contributed by atoms with Gasteiger partial charge in [-0.3, -0.25) is 4.79 Å².